The van der Waals surface area contributed by atoms with E-state index in [2.05, 4.69) is 15.3 Å². The first-order valence-electron chi connectivity index (χ1n) is 6.82. The molecule has 11 heteroatoms. The molecule has 0 spiro atoms. The number of ether oxygens (including phenoxy) is 1. The molecule has 0 aliphatic carbocycles. The Kier molecular flexibility index (Phi) is 4.31. The maximum Gasteiger partial charge on any atom is 0.282 e. The van der Waals surface area contributed by atoms with Gasteiger partial charge in [-0.2, -0.15) is 9.78 Å². The molecular formula is C14H11N5O5S. The molecule has 0 amide bonds. The summed E-state index contributed by atoms with van der Waals surface area (Å²) in [4.78, 5) is 10.6. The summed E-state index contributed by atoms with van der Waals surface area (Å²) in [7, 11) is 1.30. The van der Waals surface area contributed by atoms with Gasteiger partial charge >= 0.3 is 0 Å². The summed E-state index contributed by atoms with van der Waals surface area (Å²) in [6, 6.07) is 5.63. The van der Waals surface area contributed by atoms with Gasteiger partial charge < -0.3 is 14.3 Å². The Bertz CT molecular complexity index is 1010. The lowest BCUT2D eigenvalue weighted by atomic mass is 10.1. The number of aromatic amines is 1. The predicted molar refractivity (Wildman–Crippen MR) is 89.4 cm³/mol. The van der Waals surface area contributed by atoms with E-state index in [9.17, 15) is 15.2 Å². The van der Waals surface area contributed by atoms with Crippen LogP contribution in [0, 0.1) is 14.9 Å². The van der Waals surface area contributed by atoms with E-state index in [4.69, 9.17) is 21.4 Å². The number of phenolic OH excluding ortho intramolecular Hbond substituents is 1. The van der Waals surface area contributed by atoms with Gasteiger partial charge in [-0.25, -0.2) is 5.10 Å². The fourth-order valence-corrected chi connectivity index (χ4v) is 2.26. The van der Waals surface area contributed by atoms with Gasteiger partial charge in [-0.05, 0) is 30.4 Å². The number of methoxy groups -OCH3 is 1. The summed E-state index contributed by atoms with van der Waals surface area (Å²) < 4.78 is 11.5. The number of aromatic nitrogens is 3. The Morgan fingerprint density at radius 2 is 2.36 bits per heavy atom. The van der Waals surface area contributed by atoms with Crippen molar-refractivity contribution < 1.29 is 19.2 Å². The fourth-order valence-electron chi connectivity index (χ4n) is 2.08. The highest BCUT2D eigenvalue weighted by atomic mass is 32.1. The second kappa shape index (κ2) is 6.57. The summed E-state index contributed by atoms with van der Waals surface area (Å²) >= 11 is 5.10. The summed E-state index contributed by atoms with van der Waals surface area (Å²) in [5, 5.41) is 31.8. The first-order chi connectivity index (χ1) is 12.0. The number of phenols is 1. The highest BCUT2D eigenvalue weighted by Gasteiger charge is 2.18. The first kappa shape index (κ1) is 16.4. The molecule has 25 heavy (non-hydrogen) atoms. The lowest BCUT2D eigenvalue weighted by molar-refractivity contribution is -0.385. The molecule has 0 bridgehead atoms. The van der Waals surface area contributed by atoms with Gasteiger partial charge in [-0.15, -0.1) is 5.10 Å². The highest BCUT2D eigenvalue weighted by molar-refractivity contribution is 7.71. The molecule has 128 valence electrons. The summed E-state index contributed by atoms with van der Waals surface area (Å²) in [6.07, 6.45) is 2.66. The minimum absolute atomic E-state index is 0.0138. The molecule has 0 unspecified atom stereocenters. The van der Waals surface area contributed by atoms with Crippen LogP contribution in [0.15, 0.2) is 40.0 Å². The molecular weight excluding hydrogens is 350 g/mol. The van der Waals surface area contributed by atoms with Gasteiger partial charge in [-0.1, -0.05) is 0 Å². The van der Waals surface area contributed by atoms with Crippen LogP contribution in [0.5, 0.6) is 11.5 Å². The molecule has 3 aromatic rings. The predicted octanol–water partition coefficient (Wildman–Crippen LogP) is 2.71. The van der Waals surface area contributed by atoms with Crippen LogP contribution < -0.4 is 4.74 Å². The zero-order valence-electron chi connectivity index (χ0n) is 12.7. The van der Waals surface area contributed by atoms with Crippen molar-refractivity contribution in [2.75, 3.05) is 7.11 Å². The summed E-state index contributed by atoms with van der Waals surface area (Å²) in [5.41, 5.74) is -0.218. The van der Waals surface area contributed by atoms with E-state index in [1.807, 2.05) is 0 Å². The van der Waals surface area contributed by atoms with Gasteiger partial charge in [0, 0.05) is 0 Å². The normalized spacial score (nSPS) is 11.1. The third kappa shape index (κ3) is 3.12. The number of nitrogens with zero attached hydrogens (tertiary/aromatic N) is 4. The highest BCUT2D eigenvalue weighted by Crippen LogP contribution is 2.32. The molecule has 0 aliphatic heterocycles. The first-order valence-corrected chi connectivity index (χ1v) is 7.23. The zero-order chi connectivity index (χ0) is 18.0. The number of nitro benzene ring substituents is 1. The quantitative estimate of drug-likeness (QED) is 0.309. The third-order valence-corrected chi connectivity index (χ3v) is 3.49. The van der Waals surface area contributed by atoms with E-state index in [0.717, 1.165) is 6.07 Å². The lowest BCUT2D eigenvalue weighted by Gasteiger charge is -2.05. The van der Waals surface area contributed by atoms with E-state index >= 15 is 0 Å². The van der Waals surface area contributed by atoms with Gasteiger partial charge in [0.1, 0.15) is 0 Å². The second-order valence-corrected chi connectivity index (χ2v) is 5.11. The number of nitrogens with one attached hydrogen (secondary N) is 1. The number of hydrogen-bond acceptors (Lipinski definition) is 8. The number of benzene rings is 1. The minimum Gasteiger partial charge on any atom is -0.504 e. The van der Waals surface area contributed by atoms with Gasteiger partial charge in [0.2, 0.25) is 10.6 Å². The maximum atomic E-state index is 11.2. The standard InChI is InChI=1S/C14H11N5O5S/c1-23-12-6-9(19(21)22)8(5-10(12)20)7-15-18-13(16-17-14(18)25)11-3-2-4-24-11/h2-7,20H,1H3,(H,17,25)/b15-7-. The molecule has 1 aromatic carbocycles. The Balaban J connectivity index is 2.07. The SMILES string of the molecule is COc1cc([N+](=O)[O-])c(/C=N\n2c(-c3ccco3)n[nH]c2=S)cc1O. The molecule has 0 fully saturated rings. The smallest absolute Gasteiger partial charge is 0.282 e. The topological polar surface area (TPSA) is 132 Å². The molecule has 2 heterocycles. The minimum atomic E-state index is -0.606. The van der Waals surface area contributed by atoms with Crippen LogP contribution in [0.3, 0.4) is 0 Å². The van der Waals surface area contributed by atoms with E-state index in [0.29, 0.717) is 11.6 Å². The Morgan fingerprint density at radius 3 is 3.00 bits per heavy atom. The second-order valence-electron chi connectivity index (χ2n) is 4.73. The van der Waals surface area contributed by atoms with E-state index in [-0.39, 0.29) is 27.5 Å². The van der Waals surface area contributed by atoms with Crippen molar-refractivity contribution in [1.82, 2.24) is 14.9 Å². The summed E-state index contributed by atoms with van der Waals surface area (Å²) in [6.45, 7) is 0. The van der Waals surface area contributed by atoms with E-state index in [1.165, 1.54) is 30.3 Å². The molecule has 10 nitrogen and oxygen atoms in total. The fraction of sp³-hybridized carbons (Fsp3) is 0.0714. The average molecular weight is 361 g/mol. The van der Waals surface area contributed by atoms with Crippen LogP contribution in [-0.4, -0.2) is 38.2 Å². The monoisotopic (exact) mass is 361 g/mol. The molecule has 0 atom stereocenters. The Hall–Kier alpha value is -3.47. The summed E-state index contributed by atoms with van der Waals surface area (Å²) in [5.74, 6) is 0.444. The molecule has 3 rings (SSSR count). The van der Waals surface area contributed by atoms with Crippen molar-refractivity contribution in [3.8, 4) is 23.1 Å². The molecule has 0 radical (unpaired) electrons. The third-order valence-electron chi connectivity index (χ3n) is 3.23. The Labute approximate surface area is 145 Å². The molecule has 0 saturated carbocycles. The molecule has 0 aliphatic rings. The van der Waals surface area contributed by atoms with Crippen LogP contribution in [-0.2, 0) is 0 Å². The largest absolute Gasteiger partial charge is 0.504 e. The van der Waals surface area contributed by atoms with Gasteiger partial charge in [-0.3, -0.25) is 10.1 Å². The number of H-pyrrole nitrogens is 1. The number of aromatic hydroxyl groups is 1. The van der Waals surface area contributed by atoms with Gasteiger partial charge in [0.15, 0.2) is 17.3 Å². The molecule has 2 aromatic heterocycles. The van der Waals surface area contributed by atoms with Crippen molar-refractivity contribution in [1.29, 1.82) is 0 Å². The number of hydrogen-bond donors (Lipinski definition) is 2. The van der Waals surface area contributed by atoms with Crippen molar-refractivity contribution in [3.63, 3.8) is 0 Å². The van der Waals surface area contributed by atoms with Crippen LogP contribution >= 0.6 is 12.2 Å². The molecule has 0 saturated heterocycles. The molecule has 2 N–H and O–H groups in total. The van der Waals surface area contributed by atoms with Crippen LogP contribution in [0.2, 0.25) is 0 Å². The lowest BCUT2D eigenvalue weighted by Crippen LogP contribution is -1.99. The van der Waals surface area contributed by atoms with E-state index in [1.54, 1.807) is 12.1 Å². The average Bonchev–Trinajstić information content (AvgIpc) is 3.22. The van der Waals surface area contributed by atoms with Crippen molar-refractivity contribution in [2.45, 2.75) is 0 Å². The van der Waals surface area contributed by atoms with Crippen molar-refractivity contribution >= 4 is 24.1 Å². The van der Waals surface area contributed by atoms with Crippen LogP contribution in [0.4, 0.5) is 5.69 Å². The van der Waals surface area contributed by atoms with Crippen LogP contribution in [0.1, 0.15) is 5.56 Å². The number of nitro groups is 1. The van der Waals surface area contributed by atoms with Gasteiger partial charge in [0.05, 0.1) is 36.1 Å². The van der Waals surface area contributed by atoms with Crippen molar-refractivity contribution in [3.05, 3.63) is 51.0 Å². The van der Waals surface area contributed by atoms with E-state index < -0.39 is 4.92 Å². The number of furan rings is 1. The number of rotatable bonds is 5. The van der Waals surface area contributed by atoms with Gasteiger partial charge in [0.25, 0.3) is 5.69 Å². The Morgan fingerprint density at radius 1 is 1.56 bits per heavy atom. The zero-order valence-corrected chi connectivity index (χ0v) is 13.6. The van der Waals surface area contributed by atoms with Crippen molar-refractivity contribution in [2.24, 2.45) is 5.10 Å². The maximum absolute atomic E-state index is 11.2. The van der Waals surface area contributed by atoms with Crippen LogP contribution in [0.25, 0.3) is 11.6 Å².